The first-order valence-corrected chi connectivity index (χ1v) is 7.10. The van der Waals surface area contributed by atoms with Gasteiger partial charge in [-0.25, -0.2) is 0 Å². The Morgan fingerprint density at radius 2 is 1.94 bits per heavy atom. The van der Waals surface area contributed by atoms with Gasteiger partial charge in [0.25, 0.3) is 0 Å². The van der Waals surface area contributed by atoms with Gasteiger partial charge in [-0.2, -0.15) is 11.3 Å². The van der Waals surface area contributed by atoms with E-state index in [1.807, 2.05) is 35.0 Å². The summed E-state index contributed by atoms with van der Waals surface area (Å²) in [6.45, 7) is 0.748. The maximum Gasteiger partial charge on any atom is 0.224 e. The molecule has 1 N–H and O–H groups in total. The number of amides is 1. The predicted octanol–water partition coefficient (Wildman–Crippen LogP) is 3.04. The first-order valence-electron chi connectivity index (χ1n) is 6.16. The minimum Gasteiger partial charge on any atom is -0.356 e. The summed E-state index contributed by atoms with van der Waals surface area (Å²) >= 11 is 1.63. The highest BCUT2D eigenvalue weighted by Crippen LogP contribution is 2.06. The van der Waals surface area contributed by atoms with Crippen molar-refractivity contribution in [3.63, 3.8) is 0 Å². The molecule has 3 heteroatoms. The molecule has 0 spiro atoms. The van der Waals surface area contributed by atoms with E-state index in [1.165, 1.54) is 5.56 Å². The van der Waals surface area contributed by atoms with Gasteiger partial charge in [0, 0.05) is 6.54 Å². The molecule has 2 nitrogen and oxygen atoms in total. The topological polar surface area (TPSA) is 29.1 Å². The van der Waals surface area contributed by atoms with Gasteiger partial charge in [0.1, 0.15) is 0 Å². The number of nitrogens with one attached hydrogen (secondary N) is 1. The van der Waals surface area contributed by atoms with Crippen LogP contribution in [0.3, 0.4) is 0 Å². The van der Waals surface area contributed by atoms with Crippen molar-refractivity contribution in [1.82, 2.24) is 5.32 Å². The van der Waals surface area contributed by atoms with E-state index in [4.69, 9.17) is 0 Å². The van der Waals surface area contributed by atoms with E-state index >= 15 is 0 Å². The Kier molecular flexibility index (Phi) is 4.97. The molecule has 0 bridgehead atoms. The lowest BCUT2D eigenvalue weighted by Gasteiger charge is -2.04. The summed E-state index contributed by atoms with van der Waals surface area (Å²) in [5, 5.41) is 6.97. The number of carbonyl (C=O) groups excluding carboxylic acids is 1. The fraction of sp³-hybridized carbons (Fsp3) is 0.267. The van der Waals surface area contributed by atoms with E-state index in [0.717, 1.165) is 24.9 Å². The number of rotatable bonds is 6. The predicted molar refractivity (Wildman–Crippen MR) is 75.8 cm³/mol. The van der Waals surface area contributed by atoms with Crippen molar-refractivity contribution < 1.29 is 4.79 Å². The molecular weight excluding hydrogens is 242 g/mol. The Labute approximate surface area is 112 Å². The third kappa shape index (κ3) is 4.34. The summed E-state index contributed by atoms with van der Waals surface area (Å²) in [6, 6.07) is 12.3. The van der Waals surface area contributed by atoms with Gasteiger partial charge < -0.3 is 5.32 Å². The van der Waals surface area contributed by atoms with Crippen LogP contribution in [0.25, 0.3) is 0 Å². The van der Waals surface area contributed by atoms with E-state index in [0.29, 0.717) is 6.42 Å². The Morgan fingerprint density at radius 3 is 2.67 bits per heavy atom. The van der Waals surface area contributed by atoms with Crippen molar-refractivity contribution in [2.24, 2.45) is 0 Å². The molecule has 1 heterocycles. The van der Waals surface area contributed by atoms with Gasteiger partial charge in [0.15, 0.2) is 0 Å². The summed E-state index contributed by atoms with van der Waals surface area (Å²) in [4.78, 5) is 11.6. The molecule has 94 valence electrons. The van der Waals surface area contributed by atoms with Crippen molar-refractivity contribution in [2.75, 3.05) is 6.54 Å². The molecule has 0 aliphatic rings. The summed E-state index contributed by atoms with van der Waals surface area (Å²) in [5.41, 5.74) is 2.42. The number of thiophene rings is 1. The van der Waals surface area contributed by atoms with Crippen molar-refractivity contribution in [3.8, 4) is 0 Å². The van der Waals surface area contributed by atoms with Gasteiger partial charge in [-0.3, -0.25) is 4.79 Å². The summed E-state index contributed by atoms with van der Waals surface area (Å²) < 4.78 is 0. The Balaban J connectivity index is 1.62. The molecule has 0 saturated heterocycles. The fourth-order valence-corrected chi connectivity index (χ4v) is 2.47. The average molecular weight is 259 g/mol. The molecule has 0 fully saturated rings. The molecule has 1 aromatic carbocycles. The zero-order valence-electron chi connectivity index (χ0n) is 10.3. The number of benzene rings is 1. The summed E-state index contributed by atoms with van der Waals surface area (Å²) in [7, 11) is 0. The quantitative estimate of drug-likeness (QED) is 0.794. The fourth-order valence-electron chi connectivity index (χ4n) is 1.81. The maximum absolute atomic E-state index is 11.6. The Bertz CT molecular complexity index is 465. The van der Waals surface area contributed by atoms with Gasteiger partial charge in [-0.15, -0.1) is 0 Å². The Morgan fingerprint density at radius 1 is 1.11 bits per heavy atom. The third-order valence-corrected chi connectivity index (χ3v) is 3.48. The monoisotopic (exact) mass is 259 g/mol. The molecule has 18 heavy (non-hydrogen) atoms. The van der Waals surface area contributed by atoms with Crippen LogP contribution in [0.4, 0.5) is 0 Å². The molecule has 0 aliphatic heterocycles. The molecule has 1 amide bonds. The summed E-state index contributed by atoms with van der Waals surface area (Å²) in [6.07, 6.45) is 2.49. The molecule has 0 aliphatic carbocycles. The van der Waals surface area contributed by atoms with Crippen LogP contribution in [-0.2, 0) is 17.6 Å². The molecule has 1 aromatic heterocycles. The summed E-state index contributed by atoms with van der Waals surface area (Å²) in [5.74, 6) is 0.112. The average Bonchev–Trinajstić information content (AvgIpc) is 2.89. The number of hydrogen-bond acceptors (Lipinski definition) is 2. The van der Waals surface area contributed by atoms with E-state index in [-0.39, 0.29) is 5.91 Å². The molecule has 0 unspecified atom stereocenters. The van der Waals surface area contributed by atoms with Crippen LogP contribution in [-0.4, -0.2) is 12.5 Å². The van der Waals surface area contributed by atoms with E-state index in [1.54, 1.807) is 11.3 Å². The van der Waals surface area contributed by atoms with Crippen LogP contribution in [0.1, 0.15) is 17.5 Å². The Hall–Kier alpha value is -1.61. The van der Waals surface area contributed by atoms with Crippen molar-refractivity contribution in [1.29, 1.82) is 0 Å². The van der Waals surface area contributed by atoms with Gasteiger partial charge >= 0.3 is 0 Å². The normalized spacial score (nSPS) is 10.2. The third-order valence-electron chi connectivity index (χ3n) is 2.75. The van der Waals surface area contributed by atoms with Gasteiger partial charge in [-0.05, 0) is 40.8 Å². The SMILES string of the molecule is O=C(Cc1ccsc1)NCCCc1ccccc1. The molecule has 0 radical (unpaired) electrons. The highest BCUT2D eigenvalue weighted by atomic mass is 32.1. The molecule has 2 rings (SSSR count). The lowest BCUT2D eigenvalue weighted by atomic mass is 10.1. The van der Waals surface area contributed by atoms with Gasteiger partial charge in [0.05, 0.1) is 6.42 Å². The van der Waals surface area contributed by atoms with Crippen LogP contribution in [0.5, 0.6) is 0 Å². The van der Waals surface area contributed by atoms with Crippen LogP contribution in [0.15, 0.2) is 47.2 Å². The zero-order chi connectivity index (χ0) is 12.6. The molecule has 0 saturated carbocycles. The van der Waals surface area contributed by atoms with Crippen LogP contribution < -0.4 is 5.32 Å². The standard InChI is InChI=1S/C15H17NOS/c17-15(11-14-8-10-18-12-14)16-9-4-7-13-5-2-1-3-6-13/h1-3,5-6,8,10,12H,4,7,9,11H2,(H,16,17). The highest BCUT2D eigenvalue weighted by molar-refractivity contribution is 7.07. The zero-order valence-corrected chi connectivity index (χ0v) is 11.1. The van der Waals surface area contributed by atoms with Crippen LogP contribution >= 0.6 is 11.3 Å². The highest BCUT2D eigenvalue weighted by Gasteiger charge is 2.02. The number of aryl methyl sites for hydroxylation is 1. The second-order valence-electron chi connectivity index (χ2n) is 4.25. The first-order chi connectivity index (χ1) is 8.84. The van der Waals surface area contributed by atoms with Crippen molar-refractivity contribution in [2.45, 2.75) is 19.3 Å². The lowest BCUT2D eigenvalue weighted by Crippen LogP contribution is -2.26. The first kappa shape index (κ1) is 12.8. The number of hydrogen-bond donors (Lipinski definition) is 1. The second-order valence-corrected chi connectivity index (χ2v) is 5.03. The smallest absolute Gasteiger partial charge is 0.224 e. The molecule has 0 atom stereocenters. The van der Waals surface area contributed by atoms with Crippen LogP contribution in [0, 0.1) is 0 Å². The molecular formula is C15H17NOS. The van der Waals surface area contributed by atoms with Gasteiger partial charge in [-0.1, -0.05) is 30.3 Å². The second kappa shape index (κ2) is 6.97. The lowest BCUT2D eigenvalue weighted by molar-refractivity contribution is -0.120. The van der Waals surface area contributed by atoms with Crippen LogP contribution in [0.2, 0.25) is 0 Å². The minimum atomic E-state index is 0.112. The molecule has 2 aromatic rings. The van der Waals surface area contributed by atoms with Crippen molar-refractivity contribution >= 4 is 17.2 Å². The van der Waals surface area contributed by atoms with E-state index in [2.05, 4.69) is 17.4 Å². The van der Waals surface area contributed by atoms with Gasteiger partial charge in [0.2, 0.25) is 5.91 Å². The maximum atomic E-state index is 11.6. The largest absolute Gasteiger partial charge is 0.356 e. The minimum absolute atomic E-state index is 0.112. The van der Waals surface area contributed by atoms with E-state index in [9.17, 15) is 4.79 Å². The van der Waals surface area contributed by atoms with Crippen molar-refractivity contribution in [3.05, 3.63) is 58.3 Å². The number of carbonyl (C=O) groups is 1. The van der Waals surface area contributed by atoms with E-state index < -0.39 is 0 Å².